The summed E-state index contributed by atoms with van der Waals surface area (Å²) in [6.45, 7) is 2.64. The molecule has 0 saturated heterocycles. The van der Waals surface area contributed by atoms with E-state index in [4.69, 9.17) is 17.3 Å². The third kappa shape index (κ3) is 4.38. The van der Waals surface area contributed by atoms with E-state index in [0.29, 0.717) is 6.54 Å². The molecule has 0 heterocycles. The molecule has 0 atom stereocenters. The minimum Gasteiger partial charge on any atom is -0.392 e. The van der Waals surface area contributed by atoms with Crippen LogP contribution in [-0.2, 0) is 0 Å². The van der Waals surface area contributed by atoms with Crippen LogP contribution in [0.5, 0.6) is 0 Å². The van der Waals surface area contributed by atoms with Crippen LogP contribution in [0.4, 0.5) is 11.4 Å². The molecule has 0 aliphatic rings. The van der Waals surface area contributed by atoms with Crippen molar-refractivity contribution in [1.82, 2.24) is 5.32 Å². The van der Waals surface area contributed by atoms with Gasteiger partial charge in [0.25, 0.3) is 11.6 Å². The smallest absolute Gasteiger partial charge is 0.294 e. The number of unbranched alkanes of at least 4 members (excludes halogenated alkanes) is 3. The maximum Gasteiger partial charge on any atom is 0.294 e. The van der Waals surface area contributed by atoms with Gasteiger partial charge < -0.3 is 11.1 Å². The quantitative estimate of drug-likeness (QED) is 0.350. The molecule has 1 aromatic rings. The Morgan fingerprint density at radius 3 is 2.70 bits per heavy atom. The number of halogens is 1. The van der Waals surface area contributed by atoms with Crippen molar-refractivity contribution in [3.63, 3.8) is 0 Å². The fraction of sp³-hybridized carbons (Fsp3) is 0.462. The van der Waals surface area contributed by atoms with Gasteiger partial charge in [-0.15, -0.1) is 0 Å². The summed E-state index contributed by atoms with van der Waals surface area (Å²) in [5.74, 6) is -0.383. The topological polar surface area (TPSA) is 98.3 Å². The third-order valence-electron chi connectivity index (χ3n) is 2.88. The molecule has 6 nitrogen and oxygen atoms in total. The summed E-state index contributed by atoms with van der Waals surface area (Å²) in [5, 5.41) is 13.5. The van der Waals surface area contributed by atoms with Crippen molar-refractivity contribution in [2.24, 2.45) is 0 Å². The monoisotopic (exact) mass is 299 g/mol. The van der Waals surface area contributed by atoms with E-state index < -0.39 is 4.92 Å². The highest BCUT2D eigenvalue weighted by molar-refractivity contribution is 6.34. The SMILES string of the molecule is CCCCCCNC(=O)c1cc(Cl)c(N)c([N+](=O)[O-])c1. The number of nitro benzene ring substituents is 1. The molecule has 3 N–H and O–H groups in total. The Morgan fingerprint density at radius 1 is 1.40 bits per heavy atom. The van der Waals surface area contributed by atoms with Crippen LogP contribution in [0.3, 0.4) is 0 Å². The van der Waals surface area contributed by atoms with E-state index in [2.05, 4.69) is 12.2 Å². The number of hydrogen-bond acceptors (Lipinski definition) is 4. The first-order valence-corrected chi connectivity index (χ1v) is 6.86. The van der Waals surface area contributed by atoms with Crippen molar-refractivity contribution in [2.75, 3.05) is 12.3 Å². The summed E-state index contributed by atoms with van der Waals surface area (Å²) >= 11 is 5.80. The van der Waals surface area contributed by atoms with E-state index in [1.807, 2.05) is 0 Å². The van der Waals surface area contributed by atoms with Crippen molar-refractivity contribution in [2.45, 2.75) is 32.6 Å². The van der Waals surface area contributed by atoms with Crippen LogP contribution in [0.25, 0.3) is 0 Å². The molecule has 1 rings (SSSR count). The molecule has 0 bridgehead atoms. The van der Waals surface area contributed by atoms with Crippen LogP contribution in [-0.4, -0.2) is 17.4 Å². The van der Waals surface area contributed by atoms with E-state index in [1.54, 1.807) is 0 Å². The largest absolute Gasteiger partial charge is 0.392 e. The van der Waals surface area contributed by atoms with Crippen molar-refractivity contribution < 1.29 is 9.72 Å². The molecule has 1 aromatic carbocycles. The van der Waals surface area contributed by atoms with E-state index >= 15 is 0 Å². The number of rotatable bonds is 7. The molecule has 1 amide bonds. The molecule has 0 unspecified atom stereocenters. The van der Waals surface area contributed by atoms with Crippen LogP contribution in [0.15, 0.2) is 12.1 Å². The Labute approximate surface area is 122 Å². The first-order chi connectivity index (χ1) is 9.47. The highest BCUT2D eigenvalue weighted by Gasteiger charge is 2.19. The van der Waals surface area contributed by atoms with Gasteiger partial charge >= 0.3 is 0 Å². The Kier molecular flexibility index (Phi) is 6.24. The zero-order valence-electron chi connectivity index (χ0n) is 11.3. The number of nitrogen functional groups attached to an aromatic ring is 1. The van der Waals surface area contributed by atoms with Crippen LogP contribution in [0.2, 0.25) is 5.02 Å². The number of carbonyl (C=O) groups excluding carboxylic acids is 1. The lowest BCUT2D eigenvalue weighted by Gasteiger charge is -2.07. The minimum absolute atomic E-state index is 0.00957. The maximum absolute atomic E-state index is 11.9. The zero-order chi connectivity index (χ0) is 15.1. The van der Waals surface area contributed by atoms with Crippen molar-refractivity contribution in [1.29, 1.82) is 0 Å². The molecular formula is C13H18ClN3O3. The van der Waals surface area contributed by atoms with Gasteiger partial charge in [0.2, 0.25) is 0 Å². The molecule has 0 aliphatic carbocycles. The number of nitrogens with two attached hydrogens (primary N) is 1. The van der Waals surface area contributed by atoms with Gasteiger partial charge in [0.15, 0.2) is 0 Å². The van der Waals surface area contributed by atoms with Crippen molar-refractivity contribution >= 4 is 28.9 Å². The van der Waals surface area contributed by atoms with E-state index in [-0.39, 0.29) is 27.9 Å². The number of nitrogens with one attached hydrogen (secondary N) is 1. The first-order valence-electron chi connectivity index (χ1n) is 6.49. The average Bonchev–Trinajstić information content (AvgIpc) is 2.40. The van der Waals surface area contributed by atoms with Gasteiger partial charge in [0.1, 0.15) is 5.69 Å². The van der Waals surface area contributed by atoms with Crippen LogP contribution in [0.1, 0.15) is 43.0 Å². The molecule has 0 radical (unpaired) electrons. The molecule has 20 heavy (non-hydrogen) atoms. The zero-order valence-corrected chi connectivity index (χ0v) is 12.1. The van der Waals surface area contributed by atoms with Gasteiger partial charge in [-0.2, -0.15) is 0 Å². The number of hydrogen-bond donors (Lipinski definition) is 2. The van der Waals surface area contributed by atoms with Gasteiger partial charge in [-0.1, -0.05) is 37.8 Å². The number of amides is 1. The maximum atomic E-state index is 11.9. The number of carbonyl (C=O) groups is 1. The van der Waals surface area contributed by atoms with Gasteiger partial charge in [0.05, 0.1) is 9.95 Å². The Morgan fingerprint density at radius 2 is 2.10 bits per heavy atom. The summed E-state index contributed by atoms with van der Waals surface area (Å²) in [4.78, 5) is 22.0. The summed E-state index contributed by atoms with van der Waals surface area (Å²) in [6.07, 6.45) is 4.16. The predicted molar refractivity (Wildman–Crippen MR) is 79.0 cm³/mol. The second-order valence-corrected chi connectivity index (χ2v) is 4.87. The molecule has 0 spiro atoms. The fourth-order valence-electron chi connectivity index (χ4n) is 1.74. The van der Waals surface area contributed by atoms with Gasteiger partial charge in [-0.25, -0.2) is 0 Å². The molecule has 110 valence electrons. The number of benzene rings is 1. The lowest BCUT2D eigenvalue weighted by molar-refractivity contribution is -0.383. The second-order valence-electron chi connectivity index (χ2n) is 4.46. The Balaban J connectivity index is 2.71. The standard InChI is InChI=1S/C13H18ClN3O3/c1-2-3-4-5-6-16-13(18)9-7-10(14)12(15)11(8-9)17(19)20/h7-8H,2-6,15H2,1H3,(H,16,18). The minimum atomic E-state index is -0.654. The van der Waals surface area contributed by atoms with Gasteiger partial charge in [0, 0.05) is 18.2 Å². The van der Waals surface area contributed by atoms with Crippen LogP contribution < -0.4 is 11.1 Å². The lowest BCUT2D eigenvalue weighted by atomic mass is 10.1. The Bertz CT molecular complexity index is 506. The number of nitrogens with zero attached hydrogens (tertiary/aromatic N) is 1. The first kappa shape index (κ1) is 16.2. The lowest BCUT2D eigenvalue weighted by Crippen LogP contribution is -2.24. The summed E-state index contributed by atoms with van der Waals surface area (Å²) < 4.78 is 0. The highest BCUT2D eigenvalue weighted by atomic mass is 35.5. The molecule has 7 heteroatoms. The summed E-state index contributed by atoms with van der Waals surface area (Å²) in [5.41, 5.74) is 5.17. The number of nitro groups is 1. The fourth-order valence-corrected chi connectivity index (χ4v) is 1.96. The molecule has 0 aliphatic heterocycles. The highest BCUT2D eigenvalue weighted by Crippen LogP contribution is 2.30. The van der Waals surface area contributed by atoms with E-state index in [0.717, 1.165) is 31.7 Å². The molecule has 0 saturated carbocycles. The summed E-state index contributed by atoms with van der Waals surface area (Å²) in [6, 6.07) is 2.48. The molecular weight excluding hydrogens is 282 g/mol. The molecule has 0 aromatic heterocycles. The van der Waals surface area contributed by atoms with Crippen LogP contribution in [0, 0.1) is 10.1 Å². The number of anilines is 1. The van der Waals surface area contributed by atoms with Gasteiger partial charge in [-0.3, -0.25) is 14.9 Å². The predicted octanol–water partition coefficient (Wildman–Crippen LogP) is 3.14. The molecule has 0 fully saturated rings. The van der Waals surface area contributed by atoms with Crippen molar-refractivity contribution in [3.8, 4) is 0 Å². The van der Waals surface area contributed by atoms with E-state index in [1.165, 1.54) is 6.07 Å². The van der Waals surface area contributed by atoms with E-state index in [9.17, 15) is 14.9 Å². The Hall–Kier alpha value is -1.82. The average molecular weight is 300 g/mol. The summed E-state index contributed by atoms with van der Waals surface area (Å²) in [7, 11) is 0. The van der Waals surface area contributed by atoms with Crippen LogP contribution >= 0.6 is 11.6 Å². The second kappa shape index (κ2) is 7.69. The normalized spacial score (nSPS) is 10.3. The van der Waals surface area contributed by atoms with Gasteiger partial charge in [-0.05, 0) is 12.5 Å². The third-order valence-corrected chi connectivity index (χ3v) is 3.20. The van der Waals surface area contributed by atoms with Crippen molar-refractivity contribution in [3.05, 3.63) is 32.8 Å².